The van der Waals surface area contributed by atoms with Gasteiger partial charge in [0.05, 0.1) is 10.5 Å². The van der Waals surface area contributed by atoms with E-state index in [1.165, 1.54) is 12.1 Å². The predicted molar refractivity (Wildman–Crippen MR) is 70.9 cm³/mol. The molecule has 0 bridgehead atoms. The number of amides is 1. The van der Waals surface area contributed by atoms with Crippen molar-refractivity contribution >= 4 is 11.6 Å². The SMILES string of the molecule is O=C1c2cc([N+](=O)[O-])ccc2CN1Cc1ccncc1. The zero-order chi connectivity index (χ0) is 14.1. The lowest BCUT2D eigenvalue weighted by Gasteiger charge is -2.15. The van der Waals surface area contributed by atoms with Crippen LogP contribution in [-0.2, 0) is 13.1 Å². The normalized spacial score (nSPS) is 13.4. The van der Waals surface area contributed by atoms with Crippen LogP contribution in [-0.4, -0.2) is 20.7 Å². The molecule has 0 fully saturated rings. The van der Waals surface area contributed by atoms with E-state index in [0.29, 0.717) is 18.7 Å². The highest BCUT2D eigenvalue weighted by molar-refractivity contribution is 5.98. The fourth-order valence-corrected chi connectivity index (χ4v) is 2.30. The molecule has 1 aromatic heterocycles. The van der Waals surface area contributed by atoms with Crippen LogP contribution in [0.2, 0.25) is 0 Å². The molecule has 1 amide bonds. The van der Waals surface area contributed by atoms with Gasteiger partial charge < -0.3 is 4.90 Å². The van der Waals surface area contributed by atoms with Crippen molar-refractivity contribution in [2.45, 2.75) is 13.1 Å². The summed E-state index contributed by atoms with van der Waals surface area (Å²) in [4.78, 5) is 28.1. The Hall–Kier alpha value is -2.76. The summed E-state index contributed by atoms with van der Waals surface area (Å²) in [6.45, 7) is 0.957. The molecule has 0 radical (unpaired) electrons. The Kier molecular flexibility index (Phi) is 2.90. The summed E-state index contributed by atoms with van der Waals surface area (Å²) < 4.78 is 0. The molecule has 2 heterocycles. The molecule has 100 valence electrons. The number of hydrogen-bond acceptors (Lipinski definition) is 4. The molecular formula is C14H11N3O3. The minimum absolute atomic E-state index is 0.0529. The van der Waals surface area contributed by atoms with Crippen LogP contribution in [0.4, 0.5) is 5.69 Å². The first-order valence-electron chi connectivity index (χ1n) is 6.10. The lowest BCUT2D eigenvalue weighted by Crippen LogP contribution is -2.23. The van der Waals surface area contributed by atoms with Crippen molar-refractivity contribution in [1.29, 1.82) is 0 Å². The van der Waals surface area contributed by atoms with Crippen molar-refractivity contribution in [3.8, 4) is 0 Å². The fourth-order valence-electron chi connectivity index (χ4n) is 2.30. The minimum atomic E-state index is -0.487. The summed E-state index contributed by atoms with van der Waals surface area (Å²) in [6, 6.07) is 8.13. The number of fused-ring (bicyclic) bond motifs is 1. The van der Waals surface area contributed by atoms with E-state index in [0.717, 1.165) is 11.1 Å². The molecule has 1 aromatic carbocycles. The van der Waals surface area contributed by atoms with Gasteiger partial charge in [0.1, 0.15) is 0 Å². The van der Waals surface area contributed by atoms with Gasteiger partial charge in [-0.3, -0.25) is 19.9 Å². The summed E-state index contributed by atoms with van der Waals surface area (Å²) in [5.41, 5.74) is 2.18. The van der Waals surface area contributed by atoms with Crippen molar-refractivity contribution in [2.24, 2.45) is 0 Å². The summed E-state index contributed by atoms with van der Waals surface area (Å²) in [5, 5.41) is 10.8. The van der Waals surface area contributed by atoms with Gasteiger partial charge in [-0.15, -0.1) is 0 Å². The number of aromatic nitrogens is 1. The van der Waals surface area contributed by atoms with Crippen LogP contribution in [0.1, 0.15) is 21.5 Å². The average Bonchev–Trinajstić information content (AvgIpc) is 2.76. The van der Waals surface area contributed by atoms with E-state index in [2.05, 4.69) is 4.98 Å². The summed E-state index contributed by atoms with van der Waals surface area (Å²) in [6.07, 6.45) is 3.35. The van der Waals surface area contributed by atoms with E-state index >= 15 is 0 Å². The van der Waals surface area contributed by atoms with Crippen molar-refractivity contribution < 1.29 is 9.72 Å². The highest BCUT2D eigenvalue weighted by Crippen LogP contribution is 2.27. The number of rotatable bonds is 3. The van der Waals surface area contributed by atoms with E-state index in [4.69, 9.17) is 0 Å². The van der Waals surface area contributed by atoms with Gasteiger partial charge in [0.2, 0.25) is 0 Å². The Balaban J connectivity index is 1.85. The highest BCUT2D eigenvalue weighted by Gasteiger charge is 2.29. The molecule has 1 aliphatic rings. The van der Waals surface area contributed by atoms with E-state index in [9.17, 15) is 14.9 Å². The smallest absolute Gasteiger partial charge is 0.270 e. The maximum absolute atomic E-state index is 12.3. The van der Waals surface area contributed by atoms with E-state index in [1.807, 2.05) is 12.1 Å². The highest BCUT2D eigenvalue weighted by atomic mass is 16.6. The second-order valence-electron chi connectivity index (χ2n) is 4.62. The number of non-ortho nitro benzene ring substituents is 1. The maximum Gasteiger partial charge on any atom is 0.270 e. The first-order chi connectivity index (χ1) is 9.65. The number of nitro groups is 1. The number of nitro benzene ring substituents is 1. The molecule has 6 nitrogen and oxygen atoms in total. The number of carbonyl (C=O) groups is 1. The van der Waals surface area contributed by atoms with Gasteiger partial charge in [0.25, 0.3) is 11.6 Å². The van der Waals surface area contributed by atoms with E-state index in [-0.39, 0.29) is 11.6 Å². The molecule has 3 rings (SSSR count). The lowest BCUT2D eigenvalue weighted by atomic mass is 10.1. The van der Waals surface area contributed by atoms with Gasteiger partial charge in [-0.25, -0.2) is 0 Å². The van der Waals surface area contributed by atoms with Crippen LogP contribution in [0.15, 0.2) is 42.7 Å². The van der Waals surface area contributed by atoms with Crippen molar-refractivity contribution in [1.82, 2.24) is 9.88 Å². The molecule has 0 atom stereocenters. The molecule has 0 saturated carbocycles. The molecule has 0 spiro atoms. The van der Waals surface area contributed by atoms with Crippen LogP contribution in [0.5, 0.6) is 0 Å². The number of pyridine rings is 1. The summed E-state index contributed by atoms with van der Waals surface area (Å²) >= 11 is 0. The zero-order valence-corrected chi connectivity index (χ0v) is 10.5. The summed E-state index contributed by atoms with van der Waals surface area (Å²) in [7, 11) is 0. The van der Waals surface area contributed by atoms with E-state index in [1.54, 1.807) is 23.4 Å². The molecular weight excluding hydrogens is 258 g/mol. The Morgan fingerprint density at radius 2 is 2.00 bits per heavy atom. The Labute approximate surface area is 114 Å². The average molecular weight is 269 g/mol. The number of hydrogen-bond donors (Lipinski definition) is 0. The minimum Gasteiger partial charge on any atom is -0.330 e. The zero-order valence-electron chi connectivity index (χ0n) is 10.5. The molecule has 0 aliphatic carbocycles. The predicted octanol–water partition coefficient (Wildman–Crippen LogP) is 2.15. The molecule has 20 heavy (non-hydrogen) atoms. The monoisotopic (exact) mass is 269 g/mol. The van der Waals surface area contributed by atoms with Crippen molar-refractivity contribution in [3.63, 3.8) is 0 Å². The Morgan fingerprint density at radius 1 is 1.25 bits per heavy atom. The first-order valence-corrected chi connectivity index (χ1v) is 6.10. The third-order valence-electron chi connectivity index (χ3n) is 3.31. The first kappa shape index (κ1) is 12.3. The van der Waals surface area contributed by atoms with Gasteiger partial charge in [-0.05, 0) is 29.3 Å². The number of nitrogens with zero attached hydrogens (tertiary/aromatic N) is 3. The van der Waals surface area contributed by atoms with Crippen LogP contribution in [0, 0.1) is 10.1 Å². The fraction of sp³-hybridized carbons (Fsp3) is 0.143. The second kappa shape index (κ2) is 4.73. The third kappa shape index (κ3) is 2.11. The Bertz CT molecular complexity index is 685. The van der Waals surface area contributed by atoms with Gasteiger partial charge >= 0.3 is 0 Å². The largest absolute Gasteiger partial charge is 0.330 e. The topological polar surface area (TPSA) is 76.3 Å². The van der Waals surface area contributed by atoms with Crippen LogP contribution in [0.25, 0.3) is 0 Å². The second-order valence-corrected chi connectivity index (χ2v) is 4.62. The van der Waals surface area contributed by atoms with Crippen LogP contribution < -0.4 is 0 Å². The van der Waals surface area contributed by atoms with Crippen molar-refractivity contribution in [2.75, 3.05) is 0 Å². The van der Waals surface area contributed by atoms with Gasteiger partial charge in [0, 0.05) is 37.6 Å². The maximum atomic E-state index is 12.3. The van der Waals surface area contributed by atoms with Gasteiger partial charge in [-0.2, -0.15) is 0 Å². The Morgan fingerprint density at radius 3 is 2.70 bits per heavy atom. The van der Waals surface area contributed by atoms with Crippen molar-refractivity contribution in [3.05, 3.63) is 69.5 Å². The quantitative estimate of drug-likeness (QED) is 0.632. The third-order valence-corrected chi connectivity index (χ3v) is 3.31. The number of benzene rings is 1. The van der Waals surface area contributed by atoms with E-state index < -0.39 is 4.92 Å². The van der Waals surface area contributed by atoms with Gasteiger partial charge in [0.15, 0.2) is 0 Å². The lowest BCUT2D eigenvalue weighted by molar-refractivity contribution is -0.384. The molecule has 1 aliphatic heterocycles. The molecule has 0 unspecified atom stereocenters. The molecule has 0 N–H and O–H groups in total. The van der Waals surface area contributed by atoms with Crippen LogP contribution in [0.3, 0.4) is 0 Å². The molecule has 6 heteroatoms. The summed E-state index contributed by atoms with van der Waals surface area (Å²) in [5.74, 6) is -0.166. The van der Waals surface area contributed by atoms with Crippen LogP contribution >= 0.6 is 0 Å². The van der Waals surface area contributed by atoms with Gasteiger partial charge in [-0.1, -0.05) is 0 Å². The standard InChI is InChI=1S/C14H11N3O3/c18-14-13-7-12(17(19)20)2-1-11(13)9-16(14)8-10-3-5-15-6-4-10/h1-7H,8-9H2. The molecule has 2 aromatic rings. The number of carbonyl (C=O) groups excluding carboxylic acids is 1. The molecule has 0 saturated heterocycles.